The van der Waals surface area contributed by atoms with E-state index in [1.54, 1.807) is 49.2 Å². The lowest BCUT2D eigenvalue weighted by atomic mass is 9.96. The minimum Gasteiger partial charge on any atom is -0.497 e. The first-order valence-corrected chi connectivity index (χ1v) is 12.8. The average Bonchev–Trinajstić information content (AvgIpc) is 2.85. The number of halogens is 3. The molecule has 3 aromatic carbocycles. The first-order valence-electron chi connectivity index (χ1n) is 10.7. The zero-order valence-corrected chi connectivity index (χ0v) is 22.0. The molecule has 0 radical (unpaired) electrons. The molecule has 5 nitrogen and oxygen atoms in total. The number of amidine groups is 1. The molecule has 3 aromatic rings. The van der Waals surface area contributed by atoms with Crippen LogP contribution in [-0.4, -0.2) is 18.2 Å². The van der Waals surface area contributed by atoms with E-state index < -0.39 is 6.04 Å². The van der Waals surface area contributed by atoms with E-state index in [1.165, 1.54) is 0 Å². The maximum Gasteiger partial charge on any atom is 0.255 e. The number of aliphatic imine (C=N–C) groups is 1. The van der Waals surface area contributed by atoms with Crippen LogP contribution in [0.25, 0.3) is 0 Å². The molecule has 1 atom stereocenters. The van der Waals surface area contributed by atoms with Gasteiger partial charge < -0.3 is 15.4 Å². The van der Waals surface area contributed by atoms with Crippen LogP contribution in [0.3, 0.4) is 0 Å². The first kappa shape index (κ1) is 25.5. The average molecular weight is 547 g/mol. The molecule has 1 aliphatic rings. The largest absolute Gasteiger partial charge is 0.497 e. The van der Waals surface area contributed by atoms with Crippen molar-refractivity contribution >= 4 is 63.3 Å². The second kappa shape index (κ2) is 11.4. The molecular weight excluding hydrogens is 525 g/mol. The van der Waals surface area contributed by atoms with Crippen LogP contribution < -0.4 is 15.4 Å². The number of hydrogen-bond donors (Lipinski definition) is 2. The van der Waals surface area contributed by atoms with Crippen molar-refractivity contribution in [2.75, 3.05) is 12.4 Å². The minimum absolute atomic E-state index is 0.304. The Labute approximate surface area is 223 Å². The summed E-state index contributed by atoms with van der Waals surface area (Å²) in [7, 11) is 1.64. The number of ether oxygens (including phenoxy) is 1. The molecule has 35 heavy (non-hydrogen) atoms. The van der Waals surface area contributed by atoms with Gasteiger partial charge in [-0.25, -0.2) is 4.99 Å². The second-order valence-electron chi connectivity index (χ2n) is 7.77. The second-order valence-corrected chi connectivity index (χ2v) is 10.0. The molecule has 1 aliphatic heterocycles. The number of benzene rings is 3. The number of rotatable bonds is 6. The number of nitrogens with zero attached hydrogens (tertiary/aromatic N) is 1. The van der Waals surface area contributed by atoms with E-state index in [-0.39, 0.29) is 5.91 Å². The summed E-state index contributed by atoms with van der Waals surface area (Å²) in [4.78, 5) is 18.3. The van der Waals surface area contributed by atoms with Crippen LogP contribution in [-0.2, 0) is 10.5 Å². The molecular formula is C26H22Cl3N3O2S. The van der Waals surface area contributed by atoms with E-state index in [1.807, 2.05) is 43.3 Å². The normalized spacial score (nSPS) is 15.3. The van der Waals surface area contributed by atoms with Crippen molar-refractivity contribution in [3.05, 3.63) is 104 Å². The van der Waals surface area contributed by atoms with E-state index in [9.17, 15) is 4.79 Å². The van der Waals surface area contributed by atoms with Crippen molar-refractivity contribution in [1.29, 1.82) is 0 Å². The Morgan fingerprint density at radius 2 is 1.71 bits per heavy atom. The Hall–Kier alpha value is -2.64. The number of methoxy groups -OCH3 is 1. The first-order chi connectivity index (χ1) is 16.8. The van der Waals surface area contributed by atoms with E-state index in [0.29, 0.717) is 37.8 Å². The molecule has 0 aliphatic carbocycles. The minimum atomic E-state index is -0.516. The van der Waals surface area contributed by atoms with Crippen molar-refractivity contribution in [2.24, 2.45) is 4.99 Å². The van der Waals surface area contributed by atoms with Crippen LogP contribution in [0.2, 0.25) is 15.1 Å². The van der Waals surface area contributed by atoms with Gasteiger partial charge in [-0.15, -0.1) is 0 Å². The molecule has 1 amide bonds. The lowest BCUT2D eigenvalue weighted by molar-refractivity contribution is -0.113. The summed E-state index contributed by atoms with van der Waals surface area (Å²) in [5.74, 6) is 1.21. The van der Waals surface area contributed by atoms with Crippen LogP contribution in [0, 0.1) is 0 Å². The smallest absolute Gasteiger partial charge is 0.255 e. The molecule has 0 fully saturated rings. The van der Waals surface area contributed by atoms with Crippen molar-refractivity contribution < 1.29 is 9.53 Å². The number of carbonyl (C=O) groups is 1. The van der Waals surface area contributed by atoms with Crippen LogP contribution in [0.4, 0.5) is 5.69 Å². The fraction of sp³-hybridized carbons (Fsp3) is 0.154. The zero-order valence-electron chi connectivity index (χ0n) is 18.9. The van der Waals surface area contributed by atoms with Gasteiger partial charge in [0.1, 0.15) is 11.8 Å². The molecule has 0 aromatic heterocycles. The number of hydrogen-bond acceptors (Lipinski definition) is 5. The summed E-state index contributed by atoms with van der Waals surface area (Å²) < 4.78 is 5.23. The highest BCUT2D eigenvalue weighted by Gasteiger charge is 2.30. The summed E-state index contributed by atoms with van der Waals surface area (Å²) in [6.45, 7) is 1.87. The van der Waals surface area contributed by atoms with Gasteiger partial charge in [-0.3, -0.25) is 4.79 Å². The quantitative estimate of drug-likeness (QED) is 0.336. The number of nitrogens with one attached hydrogen (secondary N) is 2. The Morgan fingerprint density at radius 3 is 2.37 bits per heavy atom. The van der Waals surface area contributed by atoms with Crippen LogP contribution in [0.1, 0.15) is 24.1 Å². The number of allylic oxidation sites excluding steroid dienone is 1. The van der Waals surface area contributed by atoms with Crippen molar-refractivity contribution in [3.63, 3.8) is 0 Å². The number of amides is 1. The van der Waals surface area contributed by atoms with E-state index in [4.69, 9.17) is 44.5 Å². The fourth-order valence-corrected chi connectivity index (χ4v) is 5.04. The lowest BCUT2D eigenvalue weighted by Gasteiger charge is -2.26. The summed E-state index contributed by atoms with van der Waals surface area (Å²) in [5, 5.41) is 8.36. The maximum absolute atomic E-state index is 13.4. The van der Waals surface area contributed by atoms with Gasteiger partial charge in [-0.05, 0) is 60.5 Å². The highest BCUT2D eigenvalue weighted by Crippen LogP contribution is 2.35. The van der Waals surface area contributed by atoms with Gasteiger partial charge in [-0.2, -0.15) is 0 Å². The Morgan fingerprint density at radius 1 is 1.03 bits per heavy atom. The summed E-state index contributed by atoms with van der Waals surface area (Å²) in [5.41, 5.74) is 3.66. The Balaban J connectivity index is 1.60. The zero-order chi connectivity index (χ0) is 24.9. The predicted molar refractivity (Wildman–Crippen MR) is 147 cm³/mol. The molecule has 0 bridgehead atoms. The maximum atomic E-state index is 13.4. The summed E-state index contributed by atoms with van der Waals surface area (Å²) in [6.07, 6.45) is 0. The van der Waals surface area contributed by atoms with Crippen LogP contribution >= 0.6 is 46.6 Å². The fourth-order valence-electron chi connectivity index (χ4n) is 3.55. The SMILES string of the molecule is COc1ccc(CSC2=NC(c3ccc(Cl)cc3)C(C(=O)Nc3ccc(Cl)cc3Cl)=C(C)N2)cc1. The van der Waals surface area contributed by atoms with Gasteiger partial charge in [0.05, 0.1) is 23.4 Å². The van der Waals surface area contributed by atoms with E-state index in [0.717, 1.165) is 22.0 Å². The van der Waals surface area contributed by atoms with E-state index in [2.05, 4.69) is 10.6 Å². The third-order valence-corrected chi connectivity index (χ3v) is 7.12. The highest BCUT2D eigenvalue weighted by atomic mass is 35.5. The van der Waals surface area contributed by atoms with Gasteiger partial charge in [0.25, 0.3) is 5.91 Å². The standard InChI is InChI=1S/C26H22Cl3N3O2S/c1-15-23(25(33)31-22-12-9-19(28)13-21(22)29)24(17-5-7-18(27)8-6-17)32-26(30-15)35-14-16-3-10-20(34-2)11-4-16/h3-13,24H,14H2,1-2H3,(H,30,32)(H,31,33). The number of anilines is 1. The van der Waals surface area contributed by atoms with Gasteiger partial charge >= 0.3 is 0 Å². The van der Waals surface area contributed by atoms with Crippen LogP contribution in [0.15, 0.2) is 83.0 Å². The summed E-state index contributed by atoms with van der Waals surface area (Å²) >= 11 is 19.9. The number of thioether (sulfide) groups is 1. The molecule has 180 valence electrons. The van der Waals surface area contributed by atoms with Gasteiger partial charge in [0.15, 0.2) is 5.17 Å². The molecule has 1 heterocycles. The molecule has 1 unspecified atom stereocenters. The van der Waals surface area contributed by atoms with E-state index >= 15 is 0 Å². The number of carbonyl (C=O) groups excluding carboxylic acids is 1. The van der Waals surface area contributed by atoms with Crippen molar-refractivity contribution in [1.82, 2.24) is 5.32 Å². The van der Waals surface area contributed by atoms with Crippen molar-refractivity contribution in [2.45, 2.75) is 18.7 Å². The summed E-state index contributed by atoms with van der Waals surface area (Å²) in [6, 6.07) is 19.6. The molecule has 0 saturated heterocycles. The highest BCUT2D eigenvalue weighted by molar-refractivity contribution is 8.13. The molecule has 0 spiro atoms. The third kappa shape index (κ3) is 6.33. The Kier molecular flexibility index (Phi) is 8.29. The van der Waals surface area contributed by atoms with Crippen molar-refractivity contribution in [3.8, 4) is 5.75 Å². The molecule has 4 rings (SSSR count). The topological polar surface area (TPSA) is 62.7 Å². The molecule has 2 N–H and O–H groups in total. The van der Waals surface area contributed by atoms with Gasteiger partial charge in [0, 0.05) is 21.5 Å². The van der Waals surface area contributed by atoms with Gasteiger partial charge in [-0.1, -0.05) is 70.8 Å². The van der Waals surface area contributed by atoms with Gasteiger partial charge in [0.2, 0.25) is 0 Å². The monoisotopic (exact) mass is 545 g/mol. The Bertz CT molecular complexity index is 1290. The predicted octanol–water partition coefficient (Wildman–Crippen LogP) is 7.50. The lowest BCUT2D eigenvalue weighted by Crippen LogP contribution is -2.32. The molecule has 9 heteroatoms. The third-order valence-electron chi connectivity index (χ3n) is 5.36. The molecule has 0 saturated carbocycles. The van der Waals surface area contributed by atoms with Crippen LogP contribution in [0.5, 0.6) is 5.75 Å².